The molecule has 0 saturated heterocycles. The number of anilines is 1. The zero-order valence-corrected chi connectivity index (χ0v) is 16.0. The van der Waals surface area contributed by atoms with E-state index in [1.165, 1.54) is 6.07 Å². The number of carbonyl (C=O) groups excluding carboxylic acids is 1. The Morgan fingerprint density at radius 3 is 2.20 bits per heavy atom. The minimum Gasteiger partial charge on any atom is -0.347 e. The van der Waals surface area contributed by atoms with Crippen molar-refractivity contribution >= 4 is 21.6 Å². The van der Waals surface area contributed by atoms with Crippen LogP contribution in [0.5, 0.6) is 0 Å². The van der Waals surface area contributed by atoms with E-state index >= 15 is 0 Å². The van der Waals surface area contributed by atoms with E-state index in [1.54, 1.807) is 31.2 Å². The highest BCUT2D eigenvalue weighted by Gasteiger charge is 2.21. The van der Waals surface area contributed by atoms with Crippen LogP contribution in [0.1, 0.15) is 42.3 Å². The van der Waals surface area contributed by atoms with E-state index in [1.807, 2.05) is 39.8 Å². The first-order valence-corrected chi connectivity index (χ1v) is 9.49. The van der Waals surface area contributed by atoms with Gasteiger partial charge in [0.05, 0.1) is 10.6 Å². The smallest absolute Gasteiger partial charge is 0.262 e. The zero-order valence-electron chi connectivity index (χ0n) is 15.2. The van der Waals surface area contributed by atoms with Crippen LogP contribution in [-0.4, -0.2) is 19.9 Å². The van der Waals surface area contributed by atoms with Gasteiger partial charge in [-0.05, 0) is 63.9 Å². The molecule has 0 bridgehead atoms. The minimum absolute atomic E-state index is 0.0947. The zero-order chi connectivity index (χ0) is 18.8. The van der Waals surface area contributed by atoms with Crippen LogP contribution in [0, 0.1) is 13.8 Å². The topological polar surface area (TPSA) is 75.3 Å². The second kappa shape index (κ2) is 6.88. The molecule has 2 aromatic carbocycles. The lowest BCUT2D eigenvalue weighted by Crippen LogP contribution is -2.40. The normalized spacial score (nSPS) is 11.9. The molecule has 25 heavy (non-hydrogen) atoms. The lowest BCUT2D eigenvalue weighted by molar-refractivity contribution is 0.0919. The van der Waals surface area contributed by atoms with Gasteiger partial charge >= 0.3 is 0 Å². The van der Waals surface area contributed by atoms with Gasteiger partial charge in [0.2, 0.25) is 0 Å². The number of hydrogen-bond acceptors (Lipinski definition) is 3. The summed E-state index contributed by atoms with van der Waals surface area (Å²) in [5.41, 5.74) is 1.83. The third-order valence-electron chi connectivity index (χ3n) is 3.62. The lowest BCUT2D eigenvalue weighted by Gasteiger charge is -2.21. The van der Waals surface area contributed by atoms with Crippen molar-refractivity contribution in [2.75, 3.05) is 4.72 Å². The summed E-state index contributed by atoms with van der Waals surface area (Å²) in [5, 5.41) is 2.84. The van der Waals surface area contributed by atoms with E-state index in [0.717, 1.165) is 5.56 Å². The summed E-state index contributed by atoms with van der Waals surface area (Å²) in [6.07, 6.45) is 0. The molecule has 0 aliphatic rings. The highest BCUT2D eigenvalue weighted by molar-refractivity contribution is 7.92. The van der Waals surface area contributed by atoms with Crippen LogP contribution in [0.4, 0.5) is 5.69 Å². The summed E-state index contributed by atoms with van der Waals surface area (Å²) in [7, 11) is -3.80. The third kappa shape index (κ3) is 4.82. The first-order valence-electron chi connectivity index (χ1n) is 8.01. The molecule has 0 aliphatic carbocycles. The number of benzene rings is 2. The fourth-order valence-corrected chi connectivity index (χ4v) is 3.73. The third-order valence-corrected chi connectivity index (χ3v) is 5.13. The Hall–Kier alpha value is -2.34. The number of amides is 1. The van der Waals surface area contributed by atoms with Gasteiger partial charge in [-0.1, -0.05) is 24.3 Å². The maximum atomic E-state index is 12.8. The molecular formula is C19H24N2O3S. The van der Waals surface area contributed by atoms with Gasteiger partial charge in [0.1, 0.15) is 0 Å². The van der Waals surface area contributed by atoms with Crippen molar-refractivity contribution in [3.63, 3.8) is 0 Å². The van der Waals surface area contributed by atoms with Gasteiger partial charge in [0.15, 0.2) is 0 Å². The predicted octanol–water partition coefficient (Wildman–Crippen LogP) is 3.63. The molecule has 0 heterocycles. The van der Waals surface area contributed by atoms with Crippen LogP contribution in [0.15, 0.2) is 47.4 Å². The Labute approximate surface area is 149 Å². The van der Waals surface area contributed by atoms with Crippen molar-refractivity contribution in [3.05, 3.63) is 59.2 Å². The molecule has 2 rings (SSSR count). The molecule has 0 radical (unpaired) electrons. The number of rotatable bonds is 4. The van der Waals surface area contributed by atoms with E-state index in [-0.39, 0.29) is 10.8 Å². The number of hydrogen-bond donors (Lipinski definition) is 2. The van der Waals surface area contributed by atoms with Gasteiger partial charge in [-0.15, -0.1) is 0 Å². The fourth-order valence-electron chi connectivity index (χ4n) is 2.33. The van der Waals surface area contributed by atoms with Crippen LogP contribution in [0.3, 0.4) is 0 Å². The van der Waals surface area contributed by atoms with E-state index in [4.69, 9.17) is 0 Å². The molecule has 1 amide bonds. The molecular weight excluding hydrogens is 336 g/mol. The molecule has 2 N–H and O–H groups in total. The highest BCUT2D eigenvalue weighted by atomic mass is 32.2. The van der Waals surface area contributed by atoms with Crippen molar-refractivity contribution in [2.24, 2.45) is 0 Å². The van der Waals surface area contributed by atoms with Crippen molar-refractivity contribution in [2.45, 2.75) is 45.1 Å². The van der Waals surface area contributed by atoms with E-state index in [9.17, 15) is 13.2 Å². The Balaban J connectivity index is 2.39. The van der Waals surface area contributed by atoms with Gasteiger partial charge in [0.25, 0.3) is 15.9 Å². The van der Waals surface area contributed by atoms with Crippen molar-refractivity contribution in [1.82, 2.24) is 5.32 Å². The van der Waals surface area contributed by atoms with Gasteiger partial charge in [-0.3, -0.25) is 9.52 Å². The quantitative estimate of drug-likeness (QED) is 0.874. The van der Waals surface area contributed by atoms with Crippen molar-refractivity contribution in [1.29, 1.82) is 0 Å². The standard InChI is InChI=1S/C19H24N2O3S/c1-13-8-6-7-9-16(13)21-25(23,24)17-12-15(11-10-14(17)2)18(22)20-19(3,4)5/h6-12,21H,1-5H3,(H,20,22). The van der Waals surface area contributed by atoms with E-state index in [0.29, 0.717) is 16.8 Å². The lowest BCUT2D eigenvalue weighted by atomic mass is 10.1. The molecule has 0 aromatic heterocycles. The number of carbonyl (C=O) groups is 1. The summed E-state index contributed by atoms with van der Waals surface area (Å²) in [4.78, 5) is 12.4. The Morgan fingerprint density at radius 2 is 1.60 bits per heavy atom. The fraction of sp³-hybridized carbons (Fsp3) is 0.316. The van der Waals surface area contributed by atoms with Gasteiger partial charge < -0.3 is 5.32 Å². The molecule has 0 unspecified atom stereocenters. The number of nitrogens with one attached hydrogen (secondary N) is 2. The highest BCUT2D eigenvalue weighted by Crippen LogP contribution is 2.23. The number of para-hydroxylation sites is 1. The molecule has 0 aliphatic heterocycles. The number of aryl methyl sites for hydroxylation is 2. The molecule has 0 fully saturated rings. The summed E-state index contributed by atoms with van der Waals surface area (Å²) >= 11 is 0. The van der Waals surface area contributed by atoms with Crippen LogP contribution in [-0.2, 0) is 10.0 Å². The second-order valence-corrected chi connectivity index (χ2v) is 8.76. The first kappa shape index (κ1) is 19.0. The summed E-state index contributed by atoms with van der Waals surface area (Å²) in [6, 6.07) is 11.8. The average Bonchev–Trinajstić information content (AvgIpc) is 2.48. The van der Waals surface area contributed by atoms with Crippen LogP contribution < -0.4 is 10.0 Å². The second-order valence-electron chi connectivity index (χ2n) is 7.10. The minimum atomic E-state index is -3.80. The predicted molar refractivity (Wildman–Crippen MR) is 100 cm³/mol. The number of sulfonamides is 1. The summed E-state index contributed by atoms with van der Waals surface area (Å²) in [6.45, 7) is 9.15. The first-order chi connectivity index (χ1) is 11.5. The molecule has 0 spiro atoms. The molecule has 2 aromatic rings. The average molecular weight is 360 g/mol. The molecule has 0 saturated carbocycles. The van der Waals surface area contributed by atoms with Crippen molar-refractivity contribution < 1.29 is 13.2 Å². The SMILES string of the molecule is Cc1ccccc1NS(=O)(=O)c1cc(C(=O)NC(C)(C)C)ccc1C. The monoisotopic (exact) mass is 360 g/mol. The maximum absolute atomic E-state index is 12.8. The van der Waals surface area contributed by atoms with Crippen LogP contribution in [0.2, 0.25) is 0 Å². The van der Waals surface area contributed by atoms with Gasteiger partial charge in [-0.25, -0.2) is 8.42 Å². The van der Waals surface area contributed by atoms with Gasteiger partial charge in [-0.2, -0.15) is 0 Å². The maximum Gasteiger partial charge on any atom is 0.262 e. The molecule has 0 atom stereocenters. The Morgan fingerprint density at radius 1 is 0.960 bits per heavy atom. The van der Waals surface area contributed by atoms with E-state index < -0.39 is 15.6 Å². The Kier molecular flexibility index (Phi) is 5.23. The van der Waals surface area contributed by atoms with Gasteiger partial charge in [0, 0.05) is 11.1 Å². The van der Waals surface area contributed by atoms with Crippen LogP contribution in [0.25, 0.3) is 0 Å². The largest absolute Gasteiger partial charge is 0.347 e. The molecule has 134 valence electrons. The van der Waals surface area contributed by atoms with Crippen LogP contribution >= 0.6 is 0 Å². The molecule has 6 heteroatoms. The molecule has 5 nitrogen and oxygen atoms in total. The summed E-state index contributed by atoms with van der Waals surface area (Å²) < 4.78 is 28.2. The summed E-state index contributed by atoms with van der Waals surface area (Å²) in [5.74, 6) is -0.306. The van der Waals surface area contributed by atoms with Crippen molar-refractivity contribution in [3.8, 4) is 0 Å². The van der Waals surface area contributed by atoms with E-state index in [2.05, 4.69) is 10.0 Å². The Bertz CT molecular complexity index is 897.